The maximum atomic E-state index is 12.1. The normalized spacial score (nSPS) is 29.8. The van der Waals surface area contributed by atoms with E-state index < -0.39 is 10.9 Å². The fraction of sp³-hybridized carbons (Fsp3) is 1.00. The quantitative estimate of drug-likeness (QED) is 0.749. The Morgan fingerprint density at radius 1 is 1.06 bits per heavy atom. The summed E-state index contributed by atoms with van der Waals surface area (Å²) in [7, 11) is 0. The van der Waals surface area contributed by atoms with Crippen molar-refractivity contribution in [1.29, 1.82) is 0 Å². The molecule has 1 saturated carbocycles. The molecule has 1 atom stereocenters. The Morgan fingerprint density at radius 2 is 1.75 bits per heavy atom. The summed E-state index contributed by atoms with van der Waals surface area (Å²) in [6.45, 7) is 0.637. The standard InChI is InChI=1S/C10H16F3NOS/c11-10(12,13)16-9-6-7-14(15-9)8-4-2-1-3-5-8/h8-9H,1-7H2. The van der Waals surface area contributed by atoms with Gasteiger partial charge in [-0.05, 0) is 24.6 Å². The molecule has 0 N–H and O–H groups in total. The summed E-state index contributed by atoms with van der Waals surface area (Å²) in [5.74, 6) is 0. The Balaban J connectivity index is 1.78. The first-order valence-corrected chi connectivity index (χ1v) is 6.60. The number of alkyl halides is 3. The van der Waals surface area contributed by atoms with E-state index in [-0.39, 0.29) is 11.8 Å². The lowest BCUT2D eigenvalue weighted by atomic mass is 9.95. The van der Waals surface area contributed by atoms with E-state index in [1.807, 2.05) is 0 Å². The van der Waals surface area contributed by atoms with Crippen molar-refractivity contribution in [1.82, 2.24) is 5.06 Å². The molecule has 1 saturated heterocycles. The van der Waals surface area contributed by atoms with Crippen LogP contribution in [0.2, 0.25) is 0 Å². The second kappa shape index (κ2) is 5.14. The molecule has 2 nitrogen and oxygen atoms in total. The number of rotatable bonds is 2. The molecule has 2 aliphatic rings. The maximum Gasteiger partial charge on any atom is 0.444 e. The van der Waals surface area contributed by atoms with Crippen LogP contribution in [0.4, 0.5) is 13.2 Å². The fourth-order valence-corrected chi connectivity index (χ4v) is 3.03. The van der Waals surface area contributed by atoms with Crippen LogP contribution in [0.15, 0.2) is 0 Å². The van der Waals surface area contributed by atoms with Crippen molar-refractivity contribution in [2.24, 2.45) is 0 Å². The van der Waals surface area contributed by atoms with Gasteiger partial charge in [-0.25, -0.2) is 0 Å². The average molecular weight is 255 g/mol. The van der Waals surface area contributed by atoms with E-state index in [2.05, 4.69) is 0 Å². The molecule has 0 spiro atoms. The number of halogens is 3. The van der Waals surface area contributed by atoms with Crippen LogP contribution >= 0.6 is 11.8 Å². The van der Waals surface area contributed by atoms with Gasteiger partial charge in [-0.15, -0.1) is 0 Å². The van der Waals surface area contributed by atoms with Crippen molar-refractivity contribution in [3.05, 3.63) is 0 Å². The van der Waals surface area contributed by atoms with E-state index in [9.17, 15) is 13.2 Å². The monoisotopic (exact) mass is 255 g/mol. The smallest absolute Gasteiger partial charge is 0.284 e. The molecule has 94 valence electrons. The highest BCUT2D eigenvalue weighted by Crippen LogP contribution is 2.39. The highest BCUT2D eigenvalue weighted by molar-refractivity contribution is 8.00. The summed E-state index contributed by atoms with van der Waals surface area (Å²) < 4.78 is 36.4. The third-order valence-electron chi connectivity index (χ3n) is 3.09. The molecule has 1 aliphatic heterocycles. The van der Waals surface area contributed by atoms with Gasteiger partial charge in [0.2, 0.25) is 0 Å². The van der Waals surface area contributed by atoms with Crippen LogP contribution in [0.25, 0.3) is 0 Å². The summed E-state index contributed by atoms with van der Waals surface area (Å²) in [5.41, 5.74) is -4.92. The third-order valence-corrected chi connectivity index (χ3v) is 3.94. The minimum Gasteiger partial charge on any atom is -0.284 e. The molecule has 2 rings (SSSR count). The van der Waals surface area contributed by atoms with E-state index in [4.69, 9.17) is 4.84 Å². The molecular weight excluding hydrogens is 239 g/mol. The molecule has 0 radical (unpaired) electrons. The van der Waals surface area contributed by atoms with E-state index in [1.165, 1.54) is 19.3 Å². The molecule has 1 unspecified atom stereocenters. The Hall–Kier alpha value is 0.0600. The van der Waals surface area contributed by atoms with Crippen LogP contribution < -0.4 is 0 Å². The van der Waals surface area contributed by atoms with E-state index >= 15 is 0 Å². The summed E-state index contributed by atoms with van der Waals surface area (Å²) in [6, 6.07) is 0.340. The van der Waals surface area contributed by atoms with E-state index in [0.29, 0.717) is 19.0 Å². The van der Waals surface area contributed by atoms with Crippen LogP contribution in [0.1, 0.15) is 38.5 Å². The van der Waals surface area contributed by atoms with Crippen molar-refractivity contribution in [3.8, 4) is 0 Å². The van der Waals surface area contributed by atoms with Crippen molar-refractivity contribution in [3.63, 3.8) is 0 Å². The first kappa shape index (κ1) is 12.5. The lowest BCUT2D eigenvalue weighted by Crippen LogP contribution is -2.33. The lowest BCUT2D eigenvalue weighted by molar-refractivity contribution is -0.159. The van der Waals surface area contributed by atoms with Gasteiger partial charge >= 0.3 is 5.51 Å². The van der Waals surface area contributed by atoms with Crippen LogP contribution in [0.5, 0.6) is 0 Å². The van der Waals surface area contributed by atoms with Gasteiger partial charge in [0.25, 0.3) is 0 Å². The third kappa shape index (κ3) is 3.53. The van der Waals surface area contributed by atoms with Crippen LogP contribution in [-0.2, 0) is 4.84 Å². The molecule has 0 bridgehead atoms. The lowest BCUT2D eigenvalue weighted by Gasteiger charge is -2.29. The molecule has 2 fully saturated rings. The minimum atomic E-state index is -4.19. The number of hydrogen-bond donors (Lipinski definition) is 0. The zero-order chi connectivity index (χ0) is 11.6. The minimum absolute atomic E-state index is 0.0318. The number of thioether (sulfide) groups is 1. The topological polar surface area (TPSA) is 12.5 Å². The van der Waals surface area contributed by atoms with Crippen molar-refractivity contribution < 1.29 is 18.0 Å². The Morgan fingerprint density at radius 3 is 2.38 bits per heavy atom. The molecule has 6 heteroatoms. The second-order valence-electron chi connectivity index (χ2n) is 4.32. The van der Waals surface area contributed by atoms with Gasteiger partial charge < -0.3 is 0 Å². The maximum absolute atomic E-state index is 12.1. The molecule has 0 aromatic carbocycles. The van der Waals surface area contributed by atoms with Crippen LogP contribution in [0, 0.1) is 0 Å². The van der Waals surface area contributed by atoms with Gasteiger partial charge in [-0.3, -0.25) is 4.84 Å². The predicted octanol–water partition coefficient (Wildman–Crippen LogP) is 3.54. The summed E-state index contributed by atoms with van der Waals surface area (Å²) in [6.07, 6.45) is 6.17. The molecule has 1 heterocycles. The van der Waals surface area contributed by atoms with Gasteiger partial charge in [0.1, 0.15) is 5.44 Å². The molecule has 1 aliphatic carbocycles. The Kier molecular flexibility index (Phi) is 4.02. The number of hydroxylamine groups is 2. The Bertz CT molecular complexity index is 231. The SMILES string of the molecule is FC(F)(F)SC1CCN(C2CCCCC2)O1. The van der Waals surface area contributed by atoms with Crippen LogP contribution in [0.3, 0.4) is 0 Å². The van der Waals surface area contributed by atoms with Gasteiger partial charge in [0, 0.05) is 19.0 Å². The summed E-state index contributed by atoms with van der Waals surface area (Å²) in [5, 5.41) is 1.78. The van der Waals surface area contributed by atoms with E-state index in [0.717, 1.165) is 12.8 Å². The largest absolute Gasteiger partial charge is 0.444 e. The molecule has 16 heavy (non-hydrogen) atoms. The zero-order valence-electron chi connectivity index (χ0n) is 9.00. The van der Waals surface area contributed by atoms with Gasteiger partial charge in [-0.1, -0.05) is 19.3 Å². The first-order valence-electron chi connectivity index (χ1n) is 5.72. The predicted molar refractivity (Wildman–Crippen MR) is 56.7 cm³/mol. The number of nitrogens with zero attached hydrogens (tertiary/aromatic N) is 1. The van der Waals surface area contributed by atoms with Crippen molar-refractivity contribution in [2.45, 2.75) is 55.5 Å². The van der Waals surface area contributed by atoms with Crippen molar-refractivity contribution in [2.75, 3.05) is 6.54 Å². The molecule has 0 aromatic heterocycles. The van der Waals surface area contributed by atoms with Gasteiger partial charge in [-0.2, -0.15) is 18.2 Å². The summed E-state index contributed by atoms with van der Waals surface area (Å²) in [4.78, 5) is 5.35. The van der Waals surface area contributed by atoms with Gasteiger partial charge in [0.05, 0.1) is 0 Å². The highest BCUT2D eigenvalue weighted by atomic mass is 32.2. The zero-order valence-corrected chi connectivity index (χ0v) is 9.82. The Labute approximate surface area is 97.5 Å². The molecule has 0 aromatic rings. The average Bonchev–Trinajstić information content (AvgIpc) is 2.65. The first-order chi connectivity index (χ1) is 7.54. The summed E-state index contributed by atoms with van der Waals surface area (Å²) >= 11 is -0.0318. The second-order valence-corrected chi connectivity index (χ2v) is 5.54. The highest BCUT2D eigenvalue weighted by Gasteiger charge is 2.39. The number of hydrogen-bond acceptors (Lipinski definition) is 3. The van der Waals surface area contributed by atoms with Gasteiger partial charge in [0.15, 0.2) is 0 Å². The fourth-order valence-electron chi connectivity index (χ4n) is 2.36. The van der Waals surface area contributed by atoms with E-state index in [1.54, 1.807) is 5.06 Å². The molecular formula is C10H16F3NOS. The van der Waals surface area contributed by atoms with Crippen LogP contribution in [-0.4, -0.2) is 28.6 Å². The van der Waals surface area contributed by atoms with Crippen molar-refractivity contribution >= 4 is 11.8 Å². The molecule has 0 amide bonds.